The van der Waals surface area contributed by atoms with Gasteiger partial charge in [0.2, 0.25) is 5.91 Å². The predicted molar refractivity (Wildman–Crippen MR) is 263 cm³/mol. The van der Waals surface area contributed by atoms with E-state index in [1.165, 1.54) is 212 Å². The van der Waals surface area contributed by atoms with Gasteiger partial charge in [0.05, 0.1) is 39.9 Å². The summed E-state index contributed by atoms with van der Waals surface area (Å²) in [5.41, 5.74) is 0. The molecule has 0 saturated carbocycles. The van der Waals surface area contributed by atoms with Crippen LogP contribution in [-0.2, 0) is 18.4 Å². The molecule has 0 aromatic rings. The molecule has 0 fully saturated rings. The van der Waals surface area contributed by atoms with Crippen molar-refractivity contribution < 1.29 is 32.9 Å². The number of phosphoric acid groups is 1. The first-order valence-electron chi connectivity index (χ1n) is 26.9. The molecule has 0 aliphatic carbocycles. The van der Waals surface area contributed by atoms with Crippen molar-refractivity contribution >= 4 is 13.7 Å². The molecule has 1 amide bonds. The van der Waals surface area contributed by atoms with E-state index in [2.05, 4.69) is 19.2 Å². The largest absolute Gasteiger partial charge is 0.472 e. The molecule has 0 spiro atoms. The number of rotatable bonds is 50. The van der Waals surface area contributed by atoms with E-state index in [4.69, 9.17) is 9.05 Å². The minimum atomic E-state index is -4.31. The molecule has 9 heteroatoms. The van der Waals surface area contributed by atoms with Crippen molar-refractivity contribution in [2.45, 2.75) is 289 Å². The van der Waals surface area contributed by atoms with Crippen molar-refractivity contribution in [3.63, 3.8) is 0 Å². The molecule has 3 unspecified atom stereocenters. The van der Waals surface area contributed by atoms with Gasteiger partial charge in [-0.05, 0) is 12.8 Å². The monoisotopic (exact) mass is 888 g/mol. The molecule has 0 aromatic carbocycles. The average molecular weight is 888 g/mol. The van der Waals surface area contributed by atoms with Crippen LogP contribution < -0.4 is 5.32 Å². The van der Waals surface area contributed by atoms with E-state index >= 15 is 0 Å². The van der Waals surface area contributed by atoms with Gasteiger partial charge >= 0.3 is 7.82 Å². The molecular formula is C52H108N2O6P+. The zero-order chi connectivity index (χ0) is 45.0. The summed E-state index contributed by atoms with van der Waals surface area (Å²) in [4.78, 5) is 23.3. The SMILES string of the molecule is CCCCCCCCCCCCCCCCCCCCCCCC(O)C(COP(=O)(O)OCC[N+](C)(C)C)NC(=O)CCCCCCCCCCCCCCCCCCCC. The van der Waals surface area contributed by atoms with Crippen LogP contribution in [0.25, 0.3) is 0 Å². The number of likely N-dealkylation sites (N-methyl/N-ethyl adjacent to an activating group) is 1. The number of amides is 1. The van der Waals surface area contributed by atoms with E-state index in [1.54, 1.807) is 0 Å². The molecule has 0 aliphatic heterocycles. The second-order valence-corrected chi connectivity index (χ2v) is 21.4. The van der Waals surface area contributed by atoms with E-state index in [0.29, 0.717) is 23.9 Å². The van der Waals surface area contributed by atoms with Crippen molar-refractivity contribution in [3.05, 3.63) is 0 Å². The smallest absolute Gasteiger partial charge is 0.391 e. The summed E-state index contributed by atoms with van der Waals surface area (Å²) in [7, 11) is 1.63. The van der Waals surface area contributed by atoms with Gasteiger partial charge in [0.25, 0.3) is 0 Å². The second-order valence-electron chi connectivity index (χ2n) is 20.0. The van der Waals surface area contributed by atoms with E-state index in [-0.39, 0.29) is 19.1 Å². The zero-order valence-corrected chi connectivity index (χ0v) is 42.6. The normalized spacial score (nSPS) is 14.0. The highest BCUT2D eigenvalue weighted by Crippen LogP contribution is 2.43. The van der Waals surface area contributed by atoms with Gasteiger partial charge in [-0.2, -0.15) is 0 Å². The van der Waals surface area contributed by atoms with Crippen molar-refractivity contribution in [3.8, 4) is 0 Å². The van der Waals surface area contributed by atoms with Crippen molar-refractivity contribution in [1.29, 1.82) is 0 Å². The third kappa shape index (κ3) is 47.3. The fraction of sp³-hybridized carbons (Fsp3) is 0.981. The zero-order valence-electron chi connectivity index (χ0n) is 41.7. The van der Waals surface area contributed by atoms with Crippen LogP contribution >= 0.6 is 7.82 Å². The quantitative estimate of drug-likeness (QED) is 0.0319. The molecule has 3 N–H and O–H groups in total. The highest BCUT2D eigenvalue weighted by atomic mass is 31.2. The van der Waals surface area contributed by atoms with Gasteiger partial charge in [-0.15, -0.1) is 0 Å². The molecule has 0 radical (unpaired) electrons. The molecule has 0 bridgehead atoms. The molecule has 8 nitrogen and oxygen atoms in total. The topological polar surface area (TPSA) is 105 Å². The van der Waals surface area contributed by atoms with Gasteiger partial charge in [0.1, 0.15) is 13.2 Å². The molecule has 0 aromatic heterocycles. The third-order valence-corrected chi connectivity index (χ3v) is 13.6. The van der Waals surface area contributed by atoms with Crippen LogP contribution in [0.3, 0.4) is 0 Å². The molecular weight excluding hydrogens is 780 g/mol. The maximum absolute atomic E-state index is 13.0. The first-order chi connectivity index (χ1) is 29.5. The fourth-order valence-electron chi connectivity index (χ4n) is 8.34. The number of hydrogen-bond acceptors (Lipinski definition) is 5. The number of unbranched alkanes of at least 4 members (excludes halogenated alkanes) is 37. The number of carbonyl (C=O) groups is 1. The van der Waals surface area contributed by atoms with E-state index in [1.807, 2.05) is 21.1 Å². The van der Waals surface area contributed by atoms with Crippen molar-refractivity contribution in [1.82, 2.24) is 5.32 Å². The lowest BCUT2D eigenvalue weighted by atomic mass is 10.0. The summed E-state index contributed by atoms with van der Waals surface area (Å²) >= 11 is 0. The number of carbonyl (C=O) groups excluding carboxylic acids is 1. The van der Waals surface area contributed by atoms with Crippen molar-refractivity contribution in [2.75, 3.05) is 40.9 Å². The Balaban J connectivity index is 4.19. The minimum Gasteiger partial charge on any atom is -0.391 e. The lowest BCUT2D eigenvalue weighted by molar-refractivity contribution is -0.870. The van der Waals surface area contributed by atoms with Crippen molar-refractivity contribution in [2.24, 2.45) is 0 Å². The second kappa shape index (κ2) is 44.7. The van der Waals surface area contributed by atoms with Crippen LogP contribution in [0.1, 0.15) is 277 Å². The van der Waals surface area contributed by atoms with Gasteiger partial charge in [0, 0.05) is 6.42 Å². The summed E-state index contributed by atoms with van der Waals surface area (Å²) in [6.07, 6.45) is 51.4. The van der Waals surface area contributed by atoms with Gasteiger partial charge in [0.15, 0.2) is 0 Å². The van der Waals surface area contributed by atoms with E-state index < -0.39 is 20.0 Å². The number of quaternary nitrogens is 1. The van der Waals surface area contributed by atoms with E-state index in [9.17, 15) is 19.4 Å². The molecule has 0 rings (SSSR count). The Hall–Kier alpha value is -0.500. The highest BCUT2D eigenvalue weighted by Gasteiger charge is 2.28. The predicted octanol–water partition coefficient (Wildman–Crippen LogP) is 15.7. The number of hydrogen-bond donors (Lipinski definition) is 3. The number of nitrogens with one attached hydrogen (secondary N) is 1. The van der Waals surface area contributed by atoms with Crippen LogP contribution in [0.4, 0.5) is 0 Å². The maximum Gasteiger partial charge on any atom is 0.472 e. The number of nitrogens with zero attached hydrogens (tertiary/aromatic N) is 1. The Morgan fingerprint density at radius 1 is 0.492 bits per heavy atom. The Bertz CT molecular complexity index is 963. The molecule has 0 aliphatic rings. The Morgan fingerprint density at radius 2 is 0.787 bits per heavy atom. The molecule has 3 atom stereocenters. The summed E-state index contributed by atoms with van der Waals surface area (Å²) < 4.78 is 23.7. The number of aliphatic hydroxyl groups excluding tert-OH is 1. The maximum atomic E-state index is 13.0. The first kappa shape index (κ1) is 60.5. The van der Waals surface area contributed by atoms with Crippen LogP contribution in [0, 0.1) is 0 Å². The fourth-order valence-corrected chi connectivity index (χ4v) is 9.08. The summed E-state index contributed by atoms with van der Waals surface area (Å²) in [5, 5.41) is 14.0. The van der Waals surface area contributed by atoms with Gasteiger partial charge in [-0.1, -0.05) is 258 Å². The lowest BCUT2D eigenvalue weighted by Crippen LogP contribution is -2.46. The third-order valence-electron chi connectivity index (χ3n) is 12.6. The van der Waals surface area contributed by atoms with E-state index in [0.717, 1.165) is 38.5 Å². The van der Waals surface area contributed by atoms with Gasteiger partial charge < -0.3 is 19.8 Å². The Morgan fingerprint density at radius 3 is 1.10 bits per heavy atom. The number of phosphoric ester groups is 1. The lowest BCUT2D eigenvalue weighted by Gasteiger charge is -2.26. The minimum absolute atomic E-state index is 0.0790. The average Bonchev–Trinajstić information content (AvgIpc) is 3.21. The summed E-state index contributed by atoms with van der Waals surface area (Å²) in [5.74, 6) is -0.137. The van der Waals surface area contributed by atoms with Gasteiger partial charge in [-0.3, -0.25) is 13.8 Å². The molecule has 366 valence electrons. The van der Waals surface area contributed by atoms with Crippen LogP contribution in [-0.4, -0.2) is 73.4 Å². The number of aliphatic hydroxyl groups is 1. The first-order valence-corrected chi connectivity index (χ1v) is 28.4. The Labute approximate surface area is 380 Å². The molecule has 0 heterocycles. The standard InChI is InChI=1S/C52H107N2O6P/c1-6-8-10-12-14-16-18-20-22-24-26-27-28-29-31-33-35-37-39-41-43-45-51(55)50(49-60-61(57,58)59-48-47-54(3,4)5)53-52(56)46-44-42-40-38-36-34-32-30-25-23-21-19-17-15-13-11-9-7-2/h50-51,55H,6-49H2,1-5H3,(H-,53,56,57,58)/p+1. The summed E-state index contributed by atoms with van der Waals surface area (Å²) in [6, 6.07) is -0.754. The van der Waals surface area contributed by atoms with Crippen LogP contribution in [0.15, 0.2) is 0 Å². The van der Waals surface area contributed by atoms with Crippen LogP contribution in [0.2, 0.25) is 0 Å². The molecule has 61 heavy (non-hydrogen) atoms. The molecule has 0 saturated heterocycles. The van der Waals surface area contributed by atoms with Gasteiger partial charge in [-0.25, -0.2) is 4.57 Å². The Kier molecular flexibility index (Phi) is 44.3. The highest BCUT2D eigenvalue weighted by molar-refractivity contribution is 7.47. The summed E-state index contributed by atoms with van der Waals surface area (Å²) in [6.45, 7) is 4.94. The van der Waals surface area contributed by atoms with Crippen LogP contribution in [0.5, 0.6) is 0 Å².